The van der Waals surface area contributed by atoms with Crippen LogP contribution in [0.4, 0.5) is 4.79 Å². The predicted octanol–water partition coefficient (Wildman–Crippen LogP) is -0.954. The lowest BCUT2D eigenvalue weighted by Crippen LogP contribution is -2.59. The summed E-state index contributed by atoms with van der Waals surface area (Å²) in [6.07, 6.45) is 1.26. The van der Waals surface area contributed by atoms with Gasteiger partial charge in [-0.15, -0.1) is 0 Å². The molecular formula is C9H15N3O3. The molecule has 2 saturated heterocycles. The Balaban J connectivity index is 2.24. The Kier molecular flexibility index (Phi) is 2.62. The number of nitrogens with two attached hydrogens (primary N) is 1. The number of urea groups is 1. The number of nitrogens with zero attached hydrogens (tertiary/aromatic N) is 1. The van der Waals surface area contributed by atoms with Crippen LogP contribution in [0, 0.1) is 0 Å². The molecule has 0 saturated carbocycles. The maximum Gasteiger partial charge on any atom is 0.325 e. The molecule has 2 aliphatic rings. The zero-order valence-electron chi connectivity index (χ0n) is 8.49. The van der Waals surface area contributed by atoms with Crippen molar-refractivity contribution >= 4 is 11.9 Å². The Morgan fingerprint density at radius 2 is 2.07 bits per heavy atom. The quantitative estimate of drug-likeness (QED) is 0.579. The van der Waals surface area contributed by atoms with Gasteiger partial charge in [0.05, 0.1) is 12.1 Å². The molecule has 3 N–H and O–H groups in total. The Morgan fingerprint density at radius 3 is 2.53 bits per heavy atom. The van der Waals surface area contributed by atoms with Gasteiger partial charge in [-0.25, -0.2) is 4.79 Å². The van der Waals surface area contributed by atoms with Crippen molar-refractivity contribution in [2.24, 2.45) is 5.73 Å². The fourth-order valence-corrected chi connectivity index (χ4v) is 2.17. The van der Waals surface area contributed by atoms with Crippen LogP contribution in [0.25, 0.3) is 0 Å². The van der Waals surface area contributed by atoms with Crippen LogP contribution < -0.4 is 11.1 Å². The van der Waals surface area contributed by atoms with E-state index in [1.54, 1.807) is 0 Å². The van der Waals surface area contributed by atoms with E-state index < -0.39 is 5.54 Å². The van der Waals surface area contributed by atoms with E-state index in [0.717, 1.165) is 0 Å². The van der Waals surface area contributed by atoms with E-state index in [1.165, 1.54) is 4.90 Å². The van der Waals surface area contributed by atoms with Crippen molar-refractivity contribution in [3.8, 4) is 0 Å². The number of hydrogen-bond acceptors (Lipinski definition) is 4. The van der Waals surface area contributed by atoms with Crippen molar-refractivity contribution in [2.45, 2.75) is 18.4 Å². The number of carbonyl (C=O) groups excluding carboxylic acids is 2. The average Bonchev–Trinajstić information content (AvgIpc) is 2.60. The SMILES string of the molecule is NCC1(N2C(=O)CNC2=O)CCOCC1. The summed E-state index contributed by atoms with van der Waals surface area (Å²) in [5.41, 5.74) is 5.18. The number of rotatable bonds is 2. The lowest BCUT2D eigenvalue weighted by molar-refractivity contribution is -0.131. The summed E-state index contributed by atoms with van der Waals surface area (Å²) in [7, 11) is 0. The molecule has 0 aromatic carbocycles. The van der Waals surface area contributed by atoms with Gasteiger partial charge in [0.15, 0.2) is 0 Å². The van der Waals surface area contributed by atoms with E-state index in [4.69, 9.17) is 10.5 Å². The lowest BCUT2D eigenvalue weighted by Gasteiger charge is -2.41. The molecule has 2 aliphatic heterocycles. The second kappa shape index (κ2) is 3.79. The molecule has 2 fully saturated rings. The molecule has 2 heterocycles. The largest absolute Gasteiger partial charge is 0.381 e. The number of carbonyl (C=O) groups is 2. The van der Waals surface area contributed by atoms with Gasteiger partial charge in [-0.1, -0.05) is 0 Å². The summed E-state index contributed by atoms with van der Waals surface area (Å²) in [5.74, 6) is -0.188. The lowest BCUT2D eigenvalue weighted by atomic mass is 9.88. The molecule has 6 heteroatoms. The monoisotopic (exact) mass is 213 g/mol. The van der Waals surface area contributed by atoms with Gasteiger partial charge in [-0.2, -0.15) is 0 Å². The molecule has 0 bridgehead atoms. The van der Waals surface area contributed by atoms with Crippen molar-refractivity contribution in [2.75, 3.05) is 26.3 Å². The van der Waals surface area contributed by atoms with Crippen LogP contribution in [-0.4, -0.2) is 48.7 Å². The van der Waals surface area contributed by atoms with Gasteiger partial charge in [0.2, 0.25) is 0 Å². The van der Waals surface area contributed by atoms with Crippen LogP contribution in [0.3, 0.4) is 0 Å². The van der Waals surface area contributed by atoms with Crippen molar-refractivity contribution in [3.63, 3.8) is 0 Å². The van der Waals surface area contributed by atoms with E-state index in [9.17, 15) is 9.59 Å². The van der Waals surface area contributed by atoms with E-state index in [1.807, 2.05) is 0 Å². The molecule has 2 rings (SSSR count). The van der Waals surface area contributed by atoms with Crippen LogP contribution in [0.2, 0.25) is 0 Å². The minimum Gasteiger partial charge on any atom is -0.381 e. The number of nitrogens with one attached hydrogen (secondary N) is 1. The number of amides is 3. The van der Waals surface area contributed by atoms with Gasteiger partial charge < -0.3 is 15.8 Å². The molecule has 0 spiro atoms. The van der Waals surface area contributed by atoms with Gasteiger partial charge in [0.1, 0.15) is 0 Å². The number of hydrogen-bond donors (Lipinski definition) is 2. The highest BCUT2D eigenvalue weighted by Gasteiger charge is 2.46. The van der Waals surface area contributed by atoms with Gasteiger partial charge in [0.25, 0.3) is 5.91 Å². The Labute approximate surface area is 87.7 Å². The minimum absolute atomic E-state index is 0.0848. The molecule has 0 radical (unpaired) electrons. The van der Waals surface area contributed by atoms with E-state index in [0.29, 0.717) is 32.6 Å². The van der Waals surface area contributed by atoms with Crippen LogP contribution >= 0.6 is 0 Å². The van der Waals surface area contributed by atoms with Gasteiger partial charge in [-0.05, 0) is 12.8 Å². The molecule has 0 atom stereocenters. The third kappa shape index (κ3) is 1.59. The van der Waals surface area contributed by atoms with Crippen molar-refractivity contribution in [3.05, 3.63) is 0 Å². The normalized spacial score (nSPS) is 25.5. The highest BCUT2D eigenvalue weighted by molar-refractivity contribution is 6.02. The molecule has 0 aromatic heterocycles. The fraction of sp³-hybridized carbons (Fsp3) is 0.778. The zero-order chi connectivity index (χ0) is 10.9. The van der Waals surface area contributed by atoms with Crippen molar-refractivity contribution < 1.29 is 14.3 Å². The predicted molar refractivity (Wildman–Crippen MR) is 52.1 cm³/mol. The summed E-state index contributed by atoms with van der Waals surface area (Å²) >= 11 is 0. The van der Waals surface area contributed by atoms with Gasteiger partial charge in [0, 0.05) is 19.8 Å². The highest BCUT2D eigenvalue weighted by atomic mass is 16.5. The van der Waals surface area contributed by atoms with Crippen LogP contribution in [0.5, 0.6) is 0 Å². The first kappa shape index (κ1) is 10.4. The number of ether oxygens (including phenoxy) is 1. The van der Waals surface area contributed by atoms with E-state index in [2.05, 4.69) is 5.32 Å². The third-order valence-corrected chi connectivity index (χ3v) is 3.12. The fourth-order valence-electron chi connectivity index (χ4n) is 2.17. The van der Waals surface area contributed by atoms with Crippen LogP contribution in [-0.2, 0) is 9.53 Å². The Hall–Kier alpha value is -1.14. The van der Waals surface area contributed by atoms with Crippen LogP contribution in [0.1, 0.15) is 12.8 Å². The summed E-state index contributed by atoms with van der Waals surface area (Å²) in [6, 6.07) is -0.327. The second-order valence-electron chi connectivity index (χ2n) is 3.93. The first-order chi connectivity index (χ1) is 7.19. The van der Waals surface area contributed by atoms with E-state index >= 15 is 0 Å². The van der Waals surface area contributed by atoms with Gasteiger partial charge in [-0.3, -0.25) is 9.69 Å². The first-order valence-corrected chi connectivity index (χ1v) is 5.08. The summed E-state index contributed by atoms with van der Waals surface area (Å²) in [6.45, 7) is 1.49. The average molecular weight is 213 g/mol. The molecular weight excluding hydrogens is 198 g/mol. The second-order valence-corrected chi connectivity index (χ2v) is 3.93. The maximum atomic E-state index is 11.6. The summed E-state index contributed by atoms with van der Waals surface area (Å²) < 4.78 is 5.23. The van der Waals surface area contributed by atoms with Crippen molar-refractivity contribution in [1.82, 2.24) is 10.2 Å². The topological polar surface area (TPSA) is 84.7 Å². The highest BCUT2D eigenvalue weighted by Crippen LogP contribution is 2.28. The molecule has 0 unspecified atom stereocenters. The van der Waals surface area contributed by atoms with Crippen LogP contribution in [0.15, 0.2) is 0 Å². The molecule has 3 amide bonds. The third-order valence-electron chi connectivity index (χ3n) is 3.12. The maximum absolute atomic E-state index is 11.6. The minimum atomic E-state index is -0.532. The summed E-state index contributed by atoms with van der Waals surface area (Å²) in [5, 5.41) is 2.52. The summed E-state index contributed by atoms with van der Waals surface area (Å²) in [4.78, 5) is 24.4. The van der Waals surface area contributed by atoms with Gasteiger partial charge >= 0.3 is 6.03 Å². The molecule has 0 aromatic rings. The molecule has 6 nitrogen and oxygen atoms in total. The molecule has 84 valence electrons. The Morgan fingerprint density at radius 1 is 1.40 bits per heavy atom. The molecule has 15 heavy (non-hydrogen) atoms. The first-order valence-electron chi connectivity index (χ1n) is 5.08. The standard InChI is InChI=1S/C9H15N3O3/c10-6-9(1-3-15-4-2-9)12-7(13)5-11-8(12)14/h1-6,10H2,(H,11,14). The number of imide groups is 1. The zero-order valence-corrected chi connectivity index (χ0v) is 8.49. The Bertz CT molecular complexity index is 270. The van der Waals surface area contributed by atoms with E-state index in [-0.39, 0.29) is 18.5 Å². The van der Waals surface area contributed by atoms with Crippen molar-refractivity contribution in [1.29, 1.82) is 0 Å². The molecule has 0 aliphatic carbocycles. The smallest absolute Gasteiger partial charge is 0.325 e.